The van der Waals surface area contributed by atoms with Gasteiger partial charge in [0.2, 0.25) is 5.95 Å². The molecule has 2 aromatic heterocycles. The average Bonchev–Trinajstić information content (AvgIpc) is 3.11. The van der Waals surface area contributed by atoms with Crippen LogP contribution in [0.3, 0.4) is 0 Å². The van der Waals surface area contributed by atoms with E-state index in [0.29, 0.717) is 31.3 Å². The first-order chi connectivity index (χ1) is 12.8. The Bertz CT molecular complexity index is 878. The molecule has 1 aliphatic heterocycles. The first-order valence-corrected chi connectivity index (χ1v) is 9.04. The summed E-state index contributed by atoms with van der Waals surface area (Å²) in [6.07, 6.45) is 2.54. The number of aromatic nitrogens is 3. The van der Waals surface area contributed by atoms with Gasteiger partial charge in [0, 0.05) is 52.0 Å². The fourth-order valence-electron chi connectivity index (χ4n) is 3.32. The molecule has 0 bridgehead atoms. The maximum Gasteiger partial charge on any atom is 0.272 e. The highest BCUT2D eigenvalue weighted by Crippen LogP contribution is 2.19. The average molecular weight is 370 g/mol. The second-order valence-electron chi connectivity index (χ2n) is 7.23. The number of likely N-dealkylation sites (N-methyl/N-ethyl adjacent to an activating group) is 1. The van der Waals surface area contributed by atoms with Gasteiger partial charge in [-0.05, 0) is 32.0 Å². The Hall–Kier alpha value is -2.74. The third kappa shape index (κ3) is 4.33. The standard InChI is InChI=1S/C19H26N6O2/c1-13-6-5-8-20-17(13)18(27)25-9-7-15(12-25)24(4)11-14-10-16(26)22-19(21-14)23(2)3/h5-6,8,10,15H,7,9,11-12H2,1-4H3,(H,21,22,26)/t15-/m1/s1. The van der Waals surface area contributed by atoms with Crippen molar-refractivity contribution < 1.29 is 4.79 Å². The quantitative estimate of drug-likeness (QED) is 0.841. The van der Waals surface area contributed by atoms with Gasteiger partial charge in [-0.3, -0.25) is 24.5 Å². The van der Waals surface area contributed by atoms with Crippen LogP contribution in [0.4, 0.5) is 5.95 Å². The van der Waals surface area contributed by atoms with Gasteiger partial charge in [0.1, 0.15) is 5.69 Å². The highest BCUT2D eigenvalue weighted by atomic mass is 16.2. The number of carbonyl (C=O) groups is 1. The number of nitrogens with zero attached hydrogens (tertiary/aromatic N) is 5. The Labute approximate surface area is 158 Å². The van der Waals surface area contributed by atoms with Crippen LogP contribution in [-0.2, 0) is 6.54 Å². The third-order valence-corrected chi connectivity index (χ3v) is 4.90. The molecule has 2 aromatic rings. The molecular formula is C19H26N6O2. The summed E-state index contributed by atoms with van der Waals surface area (Å²) >= 11 is 0. The highest BCUT2D eigenvalue weighted by Gasteiger charge is 2.30. The summed E-state index contributed by atoms with van der Waals surface area (Å²) in [6, 6.07) is 5.49. The summed E-state index contributed by atoms with van der Waals surface area (Å²) in [5, 5.41) is 0. The van der Waals surface area contributed by atoms with Crippen molar-refractivity contribution in [3.05, 3.63) is 51.7 Å². The molecule has 0 unspecified atom stereocenters. The lowest BCUT2D eigenvalue weighted by Gasteiger charge is -2.24. The van der Waals surface area contributed by atoms with E-state index in [1.807, 2.05) is 45.1 Å². The van der Waals surface area contributed by atoms with Crippen molar-refractivity contribution in [3.63, 3.8) is 0 Å². The van der Waals surface area contributed by atoms with Gasteiger partial charge in [-0.1, -0.05) is 6.07 Å². The van der Waals surface area contributed by atoms with Gasteiger partial charge in [-0.2, -0.15) is 0 Å². The summed E-state index contributed by atoms with van der Waals surface area (Å²) in [7, 11) is 5.68. The number of aromatic amines is 1. The van der Waals surface area contributed by atoms with Crippen molar-refractivity contribution in [2.45, 2.75) is 25.9 Å². The molecule has 144 valence electrons. The molecule has 0 aromatic carbocycles. The summed E-state index contributed by atoms with van der Waals surface area (Å²) in [5.74, 6) is 0.521. The molecule has 1 saturated heterocycles. The number of pyridine rings is 1. The molecule has 8 heteroatoms. The highest BCUT2D eigenvalue weighted by molar-refractivity contribution is 5.93. The van der Waals surface area contributed by atoms with E-state index in [1.54, 1.807) is 11.1 Å². The van der Waals surface area contributed by atoms with Crippen LogP contribution in [-0.4, -0.2) is 70.9 Å². The fraction of sp³-hybridized carbons (Fsp3) is 0.474. The zero-order valence-electron chi connectivity index (χ0n) is 16.3. The van der Waals surface area contributed by atoms with Gasteiger partial charge >= 0.3 is 0 Å². The second kappa shape index (κ2) is 7.87. The minimum atomic E-state index is -0.161. The van der Waals surface area contributed by atoms with Crippen molar-refractivity contribution in [3.8, 4) is 0 Å². The van der Waals surface area contributed by atoms with Gasteiger partial charge in [-0.25, -0.2) is 4.98 Å². The van der Waals surface area contributed by atoms with Crippen LogP contribution in [0.1, 0.15) is 28.2 Å². The zero-order chi connectivity index (χ0) is 19.6. The first kappa shape index (κ1) is 19.0. The number of anilines is 1. The smallest absolute Gasteiger partial charge is 0.272 e. The van der Waals surface area contributed by atoms with E-state index >= 15 is 0 Å². The Morgan fingerprint density at radius 1 is 1.37 bits per heavy atom. The van der Waals surface area contributed by atoms with Gasteiger partial charge in [0.25, 0.3) is 11.5 Å². The van der Waals surface area contributed by atoms with Crippen molar-refractivity contribution in [2.75, 3.05) is 39.1 Å². The lowest BCUT2D eigenvalue weighted by molar-refractivity contribution is 0.0773. The van der Waals surface area contributed by atoms with Crippen LogP contribution in [0.15, 0.2) is 29.2 Å². The number of aryl methyl sites for hydroxylation is 1. The van der Waals surface area contributed by atoms with Gasteiger partial charge in [0.15, 0.2) is 0 Å². The van der Waals surface area contributed by atoms with Crippen molar-refractivity contribution in [1.82, 2.24) is 24.8 Å². The van der Waals surface area contributed by atoms with E-state index in [0.717, 1.165) is 17.7 Å². The molecule has 0 spiro atoms. The Balaban J connectivity index is 1.66. The molecule has 0 aliphatic carbocycles. The van der Waals surface area contributed by atoms with Gasteiger partial charge < -0.3 is 9.80 Å². The maximum atomic E-state index is 12.7. The van der Waals surface area contributed by atoms with Crippen LogP contribution in [0.2, 0.25) is 0 Å². The number of nitrogens with one attached hydrogen (secondary N) is 1. The topological polar surface area (TPSA) is 85.4 Å². The number of rotatable bonds is 5. The molecule has 27 heavy (non-hydrogen) atoms. The summed E-state index contributed by atoms with van der Waals surface area (Å²) in [4.78, 5) is 41.8. The number of hydrogen-bond donors (Lipinski definition) is 1. The van der Waals surface area contributed by atoms with E-state index < -0.39 is 0 Å². The SMILES string of the molecule is Cc1cccnc1C(=O)N1CC[C@@H](N(C)Cc2cc(=O)[nH]c(N(C)C)n2)C1. The minimum absolute atomic E-state index is 0.0202. The molecule has 8 nitrogen and oxygen atoms in total. The fourth-order valence-corrected chi connectivity index (χ4v) is 3.32. The van der Waals surface area contributed by atoms with Crippen molar-refractivity contribution in [1.29, 1.82) is 0 Å². The normalized spacial score (nSPS) is 16.8. The molecule has 1 amide bonds. The Morgan fingerprint density at radius 3 is 2.85 bits per heavy atom. The number of hydrogen-bond acceptors (Lipinski definition) is 6. The predicted octanol–water partition coefficient (Wildman–Crippen LogP) is 0.886. The largest absolute Gasteiger partial charge is 0.348 e. The Morgan fingerprint density at radius 2 is 2.15 bits per heavy atom. The summed E-state index contributed by atoms with van der Waals surface area (Å²) < 4.78 is 0. The van der Waals surface area contributed by atoms with Crippen molar-refractivity contribution >= 4 is 11.9 Å². The molecule has 1 N–H and O–H groups in total. The summed E-state index contributed by atoms with van der Waals surface area (Å²) in [5.41, 5.74) is 1.97. The van der Waals surface area contributed by atoms with E-state index in [2.05, 4.69) is 19.9 Å². The van der Waals surface area contributed by atoms with Crippen LogP contribution in [0, 0.1) is 6.92 Å². The van der Waals surface area contributed by atoms with Gasteiger partial charge in [0.05, 0.1) is 5.69 Å². The lowest BCUT2D eigenvalue weighted by atomic mass is 10.2. The molecule has 1 aliphatic rings. The molecule has 3 rings (SSSR count). The molecule has 0 saturated carbocycles. The summed E-state index contributed by atoms with van der Waals surface area (Å²) in [6.45, 7) is 3.81. The van der Waals surface area contributed by atoms with E-state index in [-0.39, 0.29) is 17.5 Å². The van der Waals surface area contributed by atoms with Crippen LogP contribution < -0.4 is 10.5 Å². The van der Waals surface area contributed by atoms with E-state index in [4.69, 9.17) is 0 Å². The third-order valence-electron chi connectivity index (χ3n) is 4.90. The maximum absolute atomic E-state index is 12.7. The monoisotopic (exact) mass is 370 g/mol. The lowest BCUT2D eigenvalue weighted by Crippen LogP contribution is -2.37. The number of amides is 1. The first-order valence-electron chi connectivity index (χ1n) is 9.04. The number of likely N-dealkylation sites (tertiary alicyclic amines) is 1. The number of H-pyrrole nitrogens is 1. The van der Waals surface area contributed by atoms with Crippen LogP contribution >= 0.6 is 0 Å². The van der Waals surface area contributed by atoms with E-state index in [9.17, 15) is 9.59 Å². The molecule has 1 fully saturated rings. The number of carbonyl (C=O) groups excluding carboxylic acids is 1. The van der Waals surface area contributed by atoms with Gasteiger partial charge in [-0.15, -0.1) is 0 Å². The predicted molar refractivity (Wildman–Crippen MR) is 104 cm³/mol. The molecule has 3 heterocycles. The Kier molecular flexibility index (Phi) is 5.55. The zero-order valence-corrected chi connectivity index (χ0v) is 16.3. The van der Waals surface area contributed by atoms with Crippen molar-refractivity contribution in [2.24, 2.45) is 0 Å². The minimum Gasteiger partial charge on any atom is -0.348 e. The molecule has 0 radical (unpaired) electrons. The molecule has 1 atom stereocenters. The van der Waals surface area contributed by atoms with E-state index in [1.165, 1.54) is 6.07 Å². The van der Waals surface area contributed by atoms with Crippen LogP contribution in [0.25, 0.3) is 0 Å². The second-order valence-corrected chi connectivity index (χ2v) is 7.23. The van der Waals surface area contributed by atoms with Crippen LogP contribution in [0.5, 0.6) is 0 Å². The molecular weight excluding hydrogens is 344 g/mol.